The fourth-order valence-electron chi connectivity index (χ4n) is 3.33. The van der Waals surface area contributed by atoms with E-state index < -0.39 is 0 Å². The fraction of sp³-hybridized carbons (Fsp3) is 0.750. The number of amides is 1. The van der Waals surface area contributed by atoms with Crippen LogP contribution in [0.3, 0.4) is 0 Å². The lowest BCUT2D eigenvalue weighted by Crippen LogP contribution is -3.14. The number of piperidine rings is 1. The molecule has 0 radical (unpaired) electrons. The Morgan fingerprint density at radius 3 is 2.81 bits per heavy atom. The van der Waals surface area contributed by atoms with Gasteiger partial charge in [0.15, 0.2) is 11.7 Å². The van der Waals surface area contributed by atoms with Crippen LogP contribution in [0.5, 0.6) is 0 Å². The number of hydrogen-bond donors (Lipinski definition) is 2. The summed E-state index contributed by atoms with van der Waals surface area (Å²) in [4.78, 5) is 19.6. The number of nitrogens with zero attached hydrogens (tertiary/aromatic N) is 1. The van der Waals surface area contributed by atoms with Crippen LogP contribution in [0.15, 0.2) is 0 Å². The lowest BCUT2D eigenvalue weighted by atomic mass is 9.93. The molecule has 0 aromatic carbocycles. The molecule has 0 bridgehead atoms. The van der Waals surface area contributed by atoms with Crippen LogP contribution in [-0.2, 0) is 17.6 Å². The molecule has 1 aromatic rings. The van der Waals surface area contributed by atoms with Crippen molar-refractivity contribution in [3.05, 3.63) is 10.6 Å². The first kappa shape index (κ1) is 15.0. The lowest BCUT2D eigenvalue weighted by molar-refractivity contribution is -0.897. The molecule has 0 saturated carbocycles. The van der Waals surface area contributed by atoms with Gasteiger partial charge in [0.1, 0.15) is 0 Å². The van der Waals surface area contributed by atoms with Crippen LogP contribution in [0.25, 0.3) is 0 Å². The Hall–Kier alpha value is -0.940. The molecular weight excluding hydrogens is 282 g/mol. The Labute approximate surface area is 130 Å². The van der Waals surface area contributed by atoms with Crippen LogP contribution < -0.4 is 10.2 Å². The standard InChI is InChI=1S/C16H25N3OS/c1-11-5-7-19(8-6-11)10-15(20)18-16-17-13-4-3-12(2)9-14(13)21-16/h11-12H,3-10H2,1-2H3,(H,17,18,20)/p+1/t12-/m1/s1. The number of fused-ring (bicyclic) bond motifs is 1. The Balaban J connectivity index is 1.53. The van der Waals surface area contributed by atoms with Gasteiger partial charge >= 0.3 is 0 Å². The molecule has 2 heterocycles. The molecule has 3 rings (SSSR count). The van der Waals surface area contributed by atoms with Crippen LogP contribution >= 0.6 is 11.3 Å². The predicted octanol–water partition coefficient (Wildman–Crippen LogP) is 1.52. The van der Waals surface area contributed by atoms with Crippen molar-refractivity contribution >= 4 is 22.4 Å². The maximum Gasteiger partial charge on any atom is 0.281 e. The Morgan fingerprint density at radius 1 is 1.29 bits per heavy atom. The summed E-state index contributed by atoms with van der Waals surface area (Å²) in [6.07, 6.45) is 5.90. The zero-order chi connectivity index (χ0) is 14.8. The van der Waals surface area contributed by atoms with Gasteiger partial charge in [-0.2, -0.15) is 0 Å². The summed E-state index contributed by atoms with van der Waals surface area (Å²) in [5, 5.41) is 3.83. The SMILES string of the molecule is CC1CC[NH+](CC(=O)Nc2nc3c(s2)C[C@H](C)CC3)CC1. The minimum Gasteiger partial charge on any atom is -0.327 e. The summed E-state index contributed by atoms with van der Waals surface area (Å²) in [5.74, 6) is 1.70. The number of thiazole rings is 1. The summed E-state index contributed by atoms with van der Waals surface area (Å²) in [7, 11) is 0. The highest BCUT2D eigenvalue weighted by atomic mass is 32.1. The van der Waals surface area contributed by atoms with Gasteiger partial charge in [0.2, 0.25) is 0 Å². The average Bonchev–Trinajstić information content (AvgIpc) is 2.82. The van der Waals surface area contributed by atoms with E-state index in [1.165, 1.54) is 34.7 Å². The van der Waals surface area contributed by atoms with Crippen molar-refractivity contribution < 1.29 is 9.69 Å². The molecule has 2 N–H and O–H groups in total. The first-order valence-corrected chi connectivity index (χ1v) is 9.04. The summed E-state index contributed by atoms with van der Waals surface area (Å²) in [5.41, 5.74) is 1.22. The molecule has 116 valence electrons. The largest absolute Gasteiger partial charge is 0.327 e. The zero-order valence-corrected chi connectivity index (χ0v) is 13.9. The molecule has 5 heteroatoms. The minimum atomic E-state index is 0.124. The summed E-state index contributed by atoms with van der Waals surface area (Å²) in [6, 6.07) is 0. The highest BCUT2D eigenvalue weighted by Gasteiger charge is 2.23. The average molecular weight is 308 g/mol. The van der Waals surface area contributed by atoms with Crippen molar-refractivity contribution in [2.24, 2.45) is 11.8 Å². The number of carbonyl (C=O) groups excluding carboxylic acids is 1. The molecule has 1 amide bonds. The predicted molar refractivity (Wildman–Crippen MR) is 85.9 cm³/mol. The molecule has 1 saturated heterocycles. The first-order valence-electron chi connectivity index (χ1n) is 8.22. The van der Waals surface area contributed by atoms with Crippen molar-refractivity contribution in [3.63, 3.8) is 0 Å². The highest BCUT2D eigenvalue weighted by Crippen LogP contribution is 2.31. The number of carbonyl (C=O) groups is 1. The maximum absolute atomic E-state index is 12.2. The molecule has 0 unspecified atom stereocenters. The van der Waals surface area contributed by atoms with Crippen LogP contribution in [0.1, 0.15) is 43.7 Å². The van der Waals surface area contributed by atoms with E-state index in [4.69, 9.17) is 0 Å². The van der Waals surface area contributed by atoms with Crippen molar-refractivity contribution in [1.82, 2.24) is 4.98 Å². The minimum absolute atomic E-state index is 0.124. The van der Waals surface area contributed by atoms with Crippen LogP contribution in [-0.4, -0.2) is 30.5 Å². The van der Waals surface area contributed by atoms with Gasteiger partial charge in [-0.05, 0) is 43.9 Å². The van der Waals surface area contributed by atoms with Crippen molar-refractivity contribution in [1.29, 1.82) is 0 Å². The van der Waals surface area contributed by atoms with E-state index in [-0.39, 0.29) is 5.91 Å². The van der Waals surface area contributed by atoms with E-state index in [1.54, 1.807) is 11.3 Å². The molecule has 1 atom stereocenters. The van der Waals surface area contributed by atoms with Gasteiger partial charge in [-0.15, -0.1) is 11.3 Å². The third-order valence-electron chi connectivity index (χ3n) is 4.82. The molecule has 4 nitrogen and oxygen atoms in total. The summed E-state index contributed by atoms with van der Waals surface area (Å²) in [6.45, 7) is 7.44. The topological polar surface area (TPSA) is 46.4 Å². The number of quaternary nitrogens is 1. The molecular formula is C16H26N3OS+. The smallest absolute Gasteiger partial charge is 0.281 e. The Morgan fingerprint density at radius 2 is 2.05 bits per heavy atom. The van der Waals surface area contributed by atoms with Crippen molar-refractivity contribution in [2.75, 3.05) is 25.0 Å². The molecule has 1 aromatic heterocycles. The number of hydrogen-bond acceptors (Lipinski definition) is 3. The van der Waals surface area contributed by atoms with E-state index in [1.807, 2.05) is 0 Å². The highest BCUT2D eigenvalue weighted by molar-refractivity contribution is 7.15. The normalized spacial score (nSPS) is 29.0. The second-order valence-corrected chi connectivity index (χ2v) is 7.98. The number of rotatable bonds is 3. The van der Waals surface area contributed by atoms with Gasteiger partial charge in [0, 0.05) is 4.88 Å². The van der Waals surface area contributed by atoms with Gasteiger partial charge in [-0.25, -0.2) is 4.98 Å². The monoisotopic (exact) mass is 308 g/mol. The Bertz CT molecular complexity index is 506. The van der Waals surface area contributed by atoms with Gasteiger partial charge in [0.25, 0.3) is 5.91 Å². The number of aromatic nitrogens is 1. The van der Waals surface area contributed by atoms with Gasteiger partial charge in [-0.1, -0.05) is 13.8 Å². The van der Waals surface area contributed by atoms with E-state index >= 15 is 0 Å². The van der Waals surface area contributed by atoms with Gasteiger partial charge in [0.05, 0.1) is 18.8 Å². The molecule has 1 aliphatic heterocycles. The summed E-state index contributed by atoms with van der Waals surface area (Å²) < 4.78 is 0. The summed E-state index contributed by atoms with van der Waals surface area (Å²) >= 11 is 1.68. The maximum atomic E-state index is 12.2. The number of anilines is 1. The van der Waals surface area contributed by atoms with Crippen molar-refractivity contribution in [3.8, 4) is 0 Å². The first-order chi connectivity index (χ1) is 10.1. The van der Waals surface area contributed by atoms with Crippen LogP contribution in [0.4, 0.5) is 5.13 Å². The zero-order valence-electron chi connectivity index (χ0n) is 13.1. The second kappa shape index (κ2) is 6.44. The quantitative estimate of drug-likeness (QED) is 0.889. The van der Waals surface area contributed by atoms with E-state index in [2.05, 4.69) is 24.1 Å². The number of nitrogens with one attached hydrogen (secondary N) is 2. The van der Waals surface area contributed by atoms with Gasteiger partial charge < -0.3 is 4.90 Å². The van der Waals surface area contributed by atoms with Gasteiger partial charge in [-0.3, -0.25) is 10.1 Å². The molecule has 1 fully saturated rings. The lowest BCUT2D eigenvalue weighted by Gasteiger charge is -2.26. The van der Waals surface area contributed by atoms with Crippen LogP contribution in [0.2, 0.25) is 0 Å². The third-order valence-corrected chi connectivity index (χ3v) is 5.86. The van der Waals surface area contributed by atoms with Crippen LogP contribution in [0, 0.1) is 11.8 Å². The van der Waals surface area contributed by atoms with E-state index in [0.717, 1.165) is 42.9 Å². The second-order valence-electron chi connectivity index (χ2n) is 6.89. The molecule has 0 spiro atoms. The fourth-order valence-corrected chi connectivity index (χ4v) is 4.52. The van der Waals surface area contributed by atoms with Crippen molar-refractivity contribution in [2.45, 2.75) is 46.0 Å². The third kappa shape index (κ3) is 3.83. The Kier molecular flexibility index (Phi) is 4.60. The molecule has 21 heavy (non-hydrogen) atoms. The molecule has 2 aliphatic rings. The number of likely N-dealkylation sites (tertiary alicyclic amines) is 1. The number of aryl methyl sites for hydroxylation is 1. The molecule has 1 aliphatic carbocycles. The van der Waals surface area contributed by atoms with E-state index in [9.17, 15) is 4.79 Å². The van der Waals surface area contributed by atoms with E-state index in [0.29, 0.717) is 6.54 Å².